The maximum Gasteiger partial charge on any atom is 0.222 e. The number of rotatable bonds is 16. The van der Waals surface area contributed by atoms with Crippen molar-refractivity contribution in [2.24, 2.45) is 11.8 Å². The van der Waals surface area contributed by atoms with Crippen molar-refractivity contribution >= 4 is 28.4 Å². The predicted molar refractivity (Wildman–Crippen MR) is 148 cm³/mol. The number of nitrogens with one attached hydrogen (secondary N) is 2. The van der Waals surface area contributed by atoms with Gasteiger partial charge in [-0.15, -0.1) is 10.2 Å². The van der Waals surface area contributed by atoms with E-state index in [9.17, 15) is 9.59 Å². The van der Waals surface area contributed by atoms with Gasteiger partial charge in [-0.05, 0) is 51.1 Å². The minimum Gasteiger partial charge on any atom is -0.455 e. The Morgan fingerprint density at radius 2 is 1.16 bits per heavy atom. The molecule has 0 saturated carbocycles. The number of aromatic nitrogens is 6. The summed E-state index contributed by atoms with van der Waals surface area (Å²) >= 11 is 0. The number of amides is 2. The second-order valence-electron chi connectivity index (χ2n) is 11.5. The van der Waals surface area contributed by atoms with Gasteiger partial charge in [0.05, 0.1) is 25.5 Å². The van der Waals surface area contributed by atoms with Crippen LogP contribution in [0.15, 0.2) is 12.4 Å². The van der Waals surface area contributed by atoms with E-state index < -0.39 is 16.6 Å². The molecule has 0 aliphatic rings. The molecular weight excluding hydrogens is 504 g/mol. The standard InChI is InChI=1S/C24H46N8O3Si2/c1-19(2)23(33)25-15-21-17-31(29-27-21)11-9-13-36(5,6)35-37(7,8)14-10-12-32-18-22(28-30-32)16-26-24(34)20(3)4/h17-20H,9-16H2,1-8H3,(H,25,33)(H,26,34). The van der Waals surface area contributed by atoms with Crippen LogP contribution in [-0.4, -0.2) is 58.4 Å². The van der Waals surface area contributed by atoms with Crippen molar-refractivity contribution in [1.82, 2.24) is 40.6 Å². The van der Waals surface area contributed by atoms with Gasteiger partial charge in [-0.25, -0.2) is 0 Å². The Morgan fingerprint density at radius 1 is 0.784 bits per heavy atom. The van der Waals surface area contributed by atoms with Crippen molar-refractivity contribution < 1.29 is 13.7 Å². The van der Waals surface area contributed by atoms with Crippen LogP contribution in [0.5, 0.6) is 0 Å². The van der Waals surface area contributed by atoms with E-state index in [4.69, 9.17) is 4.12 Å². The number of carbonyl (C=O) groups is 2. The van der Waals surface area contributed by atoms with Gasteiger partial charge in [0, 0.05) is 24.9 Å². The summed E-state index contributed by atoms with van der Waals surface area (Å²) in [6, 6.07) is 2.11. The largest absolute Gasteiger partial charge is 0.455 e. The normalized spacial score (nSPS) is 12.4. The molecule has 0 fully saturated rings. The quantitative estimate of drug-likeness (QED) is 0.307. The number of hydrogen-bond acceptors (Lipinski definition) is 7. The first-order chi connectivity index (χ1) is 17.3. The molecule has 0 aliphatic heterocycles. The van der Waals surface area contributed by atoms with Crippen LogP contribution in [0.4, 0.5) is 0 Å². The summed E-state index contributed by atoms with van der Waals surface area (Å²) in [5.41, 5.74) is 1.55. The molecule has 2 N–H and O–H groups in total. The Bertz CT molecular complexity index is 926. The summed E-state index contributed by atoms with van der Waals surface area (Å²) in [6.45, 7) is 19.1. The van der Waals surface area contributed by atoms with E-state index in [0.29, 0.717) is 13.1 Å². The highest BCUT2D eigenvalue weighted by Crippen LogP contribution is 2.24. The van der Waals surface area contributed by atoms with Crippen LogP contribution in [0.3, 0.4) is 0 Å². The predicted octanol–water partition coefficient (Wildman–Crippen LogP) is 3.32. The summed E-state index contributed by atoms with van der Waals surface area (Å²) in [6.07, 6.45) is 5.78. The highest BCUT2D eigenvalue weighted by atomic mass is 28.4. The second kappa shape index (κ2) is 14.0. The van der Waals surface area contributed by atoms with Crippen LogP contribution in [0, 0.1) is 11.8 Å². The van der Waals surface area contributed by atoms with Crippen LogP contribution in [0.2, 0.25) is 38.3 Å². The molecule has 11 nitrogen and oxygen atoms in total. The molecule has 0 saturated heterocycles. The average molecular weight is 551 g/mol. The lowest BCUT2D eigenvalue weighted by atomic mass is 10.2. The van der Waals surface area contributed by atoms with Crippen molar-refractivity contribution in [3.63, 3.8) is 0 Å². The van der Waals surface area contributed by atoms with E-state index in [1.165, 1.54) is 0 Å². The van der Waals surface area contributed by atoms with E-state index in [1.54, 1.807) is 0 Å². The first-order valence-electron chi connectivity index (χ1n) is 13.3. The van der Waals surface area contributed by atoms with Gasteiger partial charge in [0.15, 0.2) is 16.6 Å². The Balaban J connectivity index is 1.70. The number of aryl methyl sites for hydroxylation is 2. The van der Waals surface area contributed by atoms with E-state index in [2.05, 4.69) is 57.4 Å². The Kier molecular flexibility index (Phi) is 11.6. The Hall–Kier alpha value is -2.39. The van der Waals surface area contributed by atoms with Gasteiger partial charge in [-0.3, -0.25) is 19.0 Å². The fourth-order valence-electron chi connectivity index (χ4n) is 4.00. The highest BCUT2D eigenvalue weighted by Gasteiger charge is 2.32. The molecule has 2 aromatic rings. The monoisotopic (exact) mass is 550 g/mol. The van der Waals surface area contributed by atoms with Crippen molar-refractivity contribution in [2.45, 2.75) is 105 Å². The minimum absolute atomic E-state index is 0.0179. The third-order valence-electron chi connectivity index (χ3n) is 5.99. The molecule has 2 heterocycles. The lowest BCUT2D eigenvalue weighted by molar-refractivity contribution is -0.124. The molecule has 0 aliphatic carbocycles. The van der Waals surface area contributed by atoms with Gasteiger partial charge >= 0.3 is 0 Å². The van der Waals surface area contributed by atoms with Crippen LogP contribution in [0.25, 0.3) is 0 Å². The lowest BCUT2D eigenvalue weighted by Gasteiger charge is -2.34. The summed E-state index contributed by atoms with van der Waals surface area (Å²) in [7, 11) is -3.63. The van der Waals surface area contributed by atoms with E-state index >= 15 is 0 Å². The van der Waals surface area contributed by atoms with Gasteiger partial charge in [0.1, 0.15) is 11.4 Å². The number of nitrogens with zero attached hydrogens (tertiary/aromatic N) is 6. The van der Waals surface area contributed by atoms with Gasteiger partial charge in [-0.1, -0.05) is 38.1 Å². The van der Waals surface area contributed by atoms with Crippen LogP contribution in [-0.2, 0) is 39.9 Å². The molecule has 208 valence electrons. The maximum atomic E-state index is 11.7. The zero-order valence-corrected chi connectivity index (χ0v) is 25.9. The molecule has 2 aromatic heterocycles. The van der Waals surface area contributed by atoms with Crippen molar-refractivity contribution in [1.29, 1.82) is 0 Å². The molecule has 0 spiro atoms. The van der Waals surface area contributed by atoms with Crippen molar-refractivity contribution in [3.8, 4) is 0 Å². The van der Waals surface area contributed by atoms with Crippen molar-refractivity contribution in [2.75, 3.05) is 0 Å². The van der Waals surface area contributed by atoms with Gasteiger partial charge in [-0.2, -0.15) is 0 Å². The SMILES string of the molecule is CC(C)C(=O)NCc1cn(CCC[Si](C)(C)O[Si](C)(C)CCCn2cc(CNC(=O)C(C)C)nn2)nn1. The van der Waals surface area contributed by atoms with E-state index in [-0.39, 0.29) is 23.7 Å². The molecule has 13 heteroatoms. The molecular formula is C24H46N8O3Si2. The van der Waals surface area contributed by atoms with Gasteiger partial charge < -0.3 is 14.7 Å². The zero-order valence-electron chi connectivity index (χ0n) is 23.9. The Morgan fingerprint density at radius 3 is 1.51 bits per heavy atom. The number of carbonyl (C=O) groups excluding carboxylic acids is 2. The first-order valence-corrected chi connectivity index (χ1v) is 19.5. The summed E-state index contributed by atoms with van der Waals surface area (Å²) in [5.74, 6) is -0.0466. The van der Waals surface area contributed by atoms with Crippen LogP contribution in [0.1, 0.15) is 51.9 Å². The molecule has 0 aromatic carbocycles. The number of hydrogen-bond donors (Lipinski definition) is 2. The smallest absolute Gasteiger partial charge is 0.222 e. The van der Waals surface area contributed by atoms with Crippen LogP contribution < -0.4 is 10.6 Å². The zero-order chi connectivity index (χ0) is 27.6. The average Bonchev–Trinajstić information content (AvgIpc) is 3.44. The van der Waals surface area contributed by atoms with Crippen LogP contribution >= 0.6 is 0 Å². The van der Waals surface area contributed by atoms with E-state index in [1.807, 2.05) is 49.5 Å². The van der Waals surface area contributed by atoms with E-state index in [0.717, 1.165) is 49.4 Å². The summed E-state index contributed by atoms with van der Waals surface area (Å²) in [5, 5.41) is 22.5. The highest BCUT2D eigenvalue weighted by molar-refractivity contribution is 6.84. The van der Waals surface area contributed by atoms with Crippen molar-refractivity contribution in [3.05, 3.63) is 23.8 Å². The molecule has 0 radical (unpaired) electrons. The molecule has 0 unspecified atom stereocenters. The summed E-state index contributed by atoms with van der Waals surface area (Å²) in [4.78, 5) is 23.5. The first kappa shape index (κ1) is 30.8. The third kappa shape index (κ3) is 11.7. The summed E-state index contributed by atoms with van der Waals surface area (Å²) < 4.78 is 10.5. The fourth-order valence-corrected chi connectivity index (χ4v) is 12.8. The second-order valence-corrected chi connectivity index (χ2v) is 20.4. The molecule has 2 rings (SSSR count). The van der Waals surface area contributed by atoms with Gasteiger partial charge in [0.2, 0.25) is 11.8 Å². The molecule has 0 atom stereocenters. The minimum atomic E-state index is -1.82. The Labute approximate surface area is 223 Å². The molecule has 37 heavy (non-hydrogen) atoms. The third-order valence-corrected chi connectivity index (χ3v) is 13.5. The van der Waals surface area contributed by atoms with Gasteiger partial charge in [0.25, 0.3) is 0 Å². The molecule has 2 amide bonds. The lowest BCUT2D eigenvalue weighted by Crippen LogP contribution is -2.44. The molecule has 0 bridgehead atoms. The fraction of sp³-hybridized carbons (Fsp3) is 0.750. The maximum absolute atomic E-state index is 11.7. The topological polar surface area (TPSA) is 129 Å².